The minimum atomic E-state index is 0.268. The summed E-state index contributed by atoms with van der Waals surface area (Å²) in [5, 5.41) is 7.81. The van der Waals surface area contributed by atoms with E-state index in [1.165, 1.54) is 11.1 Å². The van der Waals surface area contributed by atoms with Crippen LogP contribution in [0.1, 0.15) is 29.8 Å². The normalized spacial score (nSPS) is 12.5. The highest BCUT2D eigenvalue weighted by Crippen LogP contribution is 2.19. The molecule has 1 aromatic heterocycles. The number of benzene rings is 1. The molecule has 2 aromatic rings. The Balaban J connectivity index is 2.11. The molecule has 90 valence electrons. The van der Waals surface area contributed by atoms with Crippen LogP contribution in [0.25, 0.3) is 0 Å². The maximum atomic E-state index is 4.40. The van der Waals surface area contributed by atoms with E-state index in [2.05, 4.69) is 61.5 Å². The van der Waals surface area contributed by atoms with Crippen LogP contribution < -0.4 is 5.32 Å². The van der Waals surface area contributed by atoms with Crippen LogP contribution in [0.15, 0.2) is 30.3 Å². The van der Waals surface area contributed by atoms with Crippen molar-refractivity contribution in [2.45, 2.75) is 26.8 Å². The van der Waals surface area contributed by atoms with Gasteiger partial charge in [0.15, 0.2) is 0 Å². The van der Waals surface area contributed by atoms with Crippen molar-refractivity contribution in [3.8, 4) is 0 Å². The summed E-state index contributed by atoms with van der Waals surface area (Å²) in [5.41, 5.74) is 3.72. The molecule has 0 aliphatic heterocycles. The fourth-order valence-electron chi connectivity index (χ4n) is 1.79. The van der Waals surface area contributed by atoms with Crippen LogP contribution in [0.5, 0.6) is 0 Å². The molecule has 0 amide bonds. The number of aromatic nitrogens is 2. The smallest absolute Gasteiger partial charge is 0.148 e. The van der Waals surface area contributed by atoms with E-state index in [0.717, 1.165) is 11.5 Å². The van der Waals surface area contributed by atoms with Gasteiger partial charge in [0.05, 0.1) is 0 Å². The lowest BCUT2D eigenvalue weighted by molar-refractivity contribution is 0.736. The van der Waals surface area contributed by atoms with Crippen molar-refractivity contribution in [2.75, 3.05) is 5.32 Å². The molecule has 0 fully saturated rings. The van der Waals surface area contributed by atoms with Crippen LogP contribution in [-0.2, 0) is 7.05 Å². The number of rotatable bonds is 3. The number of aryl methyl sites for hydroxylation is 3. The fraction of sp³-hybridized carbons (Fsp3) is 0.357. The number of nitrogens with zero attached hydrogens (tertiary/aromatic N) is 2. The highest BCUT2D eigenvalue weighted by molar-refractivity contribution is 5.39. The van der Waals surface area contributed by atoms with Crippen molar-refractivity contribution in [2.24, 2.45) is 7.05 Å². The molecule has 1 heterocycles. The van der Waals surface area contributed by atoms with Crippen LogP contribution in [0.3, 0.4) is 0 Å². The quantitative estimate of drug-likeness (QED) is 0.875. The third-order valence-electron chi connectivity index (χ3n) is 3.06. The maximum absolute atomic E-state index is 4.40. The summed E-state index contributed by atoms with van der Waals surface area (Å²) in [6.45, 7) is 6.30. The Hall–Kier alpha value is -1.77. The van der Waals surface area contributed by atoms with Gasteiger partial charge in [-0.2, -0.15) is 5.10 Å². The predicted molar refractivity (Wildman–Crippen MR) is 71.2 cm³/mol. The maximum Gasteiger partial charge on any atom is 0.148 e. The Morgan fingerprint density at radius 3 is 2.35 bits per heavy atom. The molecular formula is C14H19N3. The summed E-state index contributed by atoms with van der Waals surface area (Å²) in [4.78, 5) is 0. The molecule has 3 nitrogen and oxygen atoms in total. The molecule has 0 aliphatic rings. The van der Waals surface area contributed by atoms with Gasteiger partial charge in [-0.25, -0.2) is 0 Å². The van der Waals surface area contributed by atoms with E-state index in [1.807, 2.05) is 11.7 Å². The molecule has 0 spiro atoms. The first-order valence-electron chi connectivity index (χ1n) is 5.90. The van der Waals surface area contributed by atoms with Gasteiger partial charge in [0.1, 0.15) is 5.82 Å². The van der Waals surface area contributed by atoms with Crippen LogP contribution in [-0.4, -0.2) is 9.78 Å². The molecule has 1 N–H and O–H groups in total. The average Bonchev–Trinajstić information content (AvgIpc) is 2.58. The van der Waals surface area contributed by atoms with Crippen LogP contribution >= 0.6 is 0 Å². The largest absolute Gasteiger partial charge is 0.362 e. The molecular weight excluding hydrogens is 210 g/mol. The first-order chi connectivity index (χ1) is 8.06. The van der Waals surface area contributed by atoms with Gasteiger partial charge >= 0.3 is 0 Å². The van der Waals surface area contributed by atoms with E-state index >= 15 is 0 Å². The van der Waals surface area contributed by atoms with Crippen molar-refractivity contribution < 1.29 is 0 Å². The van der Waals surface area contributed by atoms with E-state index in [9.17, 15) is 0 Å². The van der Waals surface area contributed by atoms with Gasteiger partial charge in [-0.15, -0.1) is 0 Å². The Morgan fingerprint density at radius 2 is 1.82 bits per heavy atom. The zero-order valence-corrected chi connectivity index (χ0v) is 10.9. The minimum absolute atomic E-state index is 0.268. The fourth-order valence-corrected chi connectivity index (χ4v) is 1.79. The van der Waals surface area contributed by atoms with Crippen molar-refractivity contribution in [1.29, 1.82) is 0 Å². The van der Waals surface area contributed by atoms with Crippen LogP contribution in [0.4, 0.5) is 5.82 Å². The third kappa shape index (κ3) is 2.67. The standard InChI is InChI=1S/C14H19N3/c1-10-5-7-13(8-6-10)12(3)15-14-9-11(2)17(4)16-14/h5-9,12H,1-4H3,(H,15,16). The van der Waals surface area contributed by atoms with Gasteiger partial charge in [0.25, 0.3) is 0 Å². The van der Waals surface area contributed by atoms with Gasteiger partial charge in [-0.1, -0.05) is 29.8 Å². The number of hydrogen-bond acceptors (Lipinski definition) is 2. The zero-order valence-electron chi connectivity index (χ0n) is 10.9. The molecule has 2 rings (SSSR count). The lowest BCUT2D eigenvalue weighted by atomic mass is 10.1. The highest BCUT2D eigenvalue weighted by Gasteiger charge is 2.07. The van der Waals surface area contributed by atoms with Gasteiger partial charge in [-0.3, -0.25) is 4.68 Å². The molecule has 1 aromatic carbocycles. The monoisotopic (exact) mass is 229 g/mol. The topological polar surface area (TPSA) is 29.9 Å². The SMILES string of the molecule is Cc1ccc(C(C)Nc2cc(C)n(C)n2)cc1. The Kier molecular flexibility index (Phi) is 3.18. The molecule has 3 heteroatoms. The summed E-state index contributed by atoms with van der Waals surface area (Å²) in [6.07, 6.45) is 0. The summed E-state index contributed by atoms with van der Waals surface area (Å²) in [5.74, 6) is 0.929. The first kappa shape index (κ1) is 11.7. The van der Waals surface area contributed by atoms with E-state index < -0.39 is 0 Å². The van der Waals surface area contributed by atoms with E-state index in [0.29, 0.717) is 0 Å². The average molecular weight is 229 g/mol. The minimum Gasteiger partial charge on any atom is -0.362 e. The number of anilines is 1. The molecule has 0 radical (unpaired) electrons. The lowest BCUT2D eigenvalue weighted by Crippen LogP contribution is -2.07. The molecule has 17 heavy (non-hydrogen) atoms. The summed E-state index contributed by atoms with van der Waals surface area (Å²) in [7, 11) is 1.96. The second-order valence-corrected chi connectivity index (χ2v) is 4.57. The first-order valence-corrected chi connectivity index (χ1v) is 5.90. The lowest BCUT2D eigenvalue weighted by Gasteiger charge is -2.13. The summed E-state index contributed by atoms with van der Waals surface area (Å²) in [6, 6.07) is 10.9. The molecule has 0 saturated heterocycles. The van der Waals surface area contributed by atoms with Crippen molar-refractivity contribution in [1.82, 2.24) is 9.78 Å². The summed E-state index contributed by atoms with van der Waals surface area (Å²) >= 11 is 0. The number of nitrogens with one attached hydrogen (secondary N) is 1. The van der Waals surface area contributed by atoms with Crippen molar-refractivity contribution >= 4 is 5.82 Å². The third-order valence-corrected chi connectivity index (χ3v) is 3.06. The number of hydrogen-bond donors (Lipinski definition) is 1. The van der Waals surface area contributed by atoms with Crippen LogP contribution in [0, 0.1) is 13.8 Å². The molecule has 1 unspecified atom stereocenters. The van der Waals surface area contributed by atoms with Gasteiger partial charge in [0.2, 0.25) is 0 Å². The van der Waals surface area contributed by atoms with Crippen molar-refractivity contribution in [3.05, 3.63) is 47.2 Å². The van der Waals surface area contributed by atoms with E-state index in [4.69, 9.17) is 0 Å². The second kappa shape index (κ2) is 4.62. The van der Waals surface area contributed by atoms with Gasteiger partial charge < -0.3 is 5.32 Å². The molecule has 0 bridgehead atoms. The van der Waals surface area contributed by atoms with Crippen LogP contribution in [0.2, 0.25) is 0 Å². The predicted octanol–water partition coefficient (Wildman–Crippen LogP) is 3.21. The van der Waals surface area contributed by atoms with Crippen molar-refractivity contribution in [3.63, 3.8) is 0 Å². The Morgan fingerprint density at radius 1 is 1.18 bits per heavy atom. The summed E-state index contributed by atoms with van der Waals surface area (Å²) < 4.78 is 1.88. The zero-order chi connectivity index (χ0) is 12.4. The second-order valence-electron chi connectivity index (χ2n) is 4.57. The van der Waals surface area contributed by atoms with Gasteiger partial charge in [-0.05, 0) is 26.3 Å². The Bertz CT molecular complexity index is 477. The highest BCUT2D eigenvalue weighted by atomic mass is 15.3. The Labute approximate surface area is 102 Å². The van der Waals surface area contributed by atoms with E-state index in [1.54, 1.807) is 0 Å². The molecule has 1 atom stereocenters. The molecule has 0 saturated carbocycles. The van der Waals surface area contributed by atoms with Gasteiger partial charge in [0, 0.05) is 24.8 Å². The van der Waals surface area contributed by atoms with E-state index in [-0.39, 0.29) is 6.04 Å². The molecule has 0 aliphatic carbocycles.